The minimum atomic E-state index is -0.452. The Labute approximate surface area is 213 Å². The van der Waals surface area contributed by atoms with Gasteiger partial charge in [-0.2, -0.15) is 0 Å². The maximum Gasteiger partial charge on any atom is 0.140 e. The van der Waals surface area contributed by atoms with Crippen molar-refractivity contribution in [2.45, 2.75) is 5.41 Å². The van der Waals surface area contributed by atoms with E-state index in [1.165, 1.54) is 44.3 Å². The van der Waals surface area contributed by atoms with Crippen LogP contribution in [0.15, 0.2) is 120 Å². The Hall–Kier alpha value is -4.89. The highest BCUT2D eigenvalue weighted by Gasteiger charge is 2.54. The number of aromatic nitrogens is 2. The molecule has 0 aliphatic heterocycles. The molecular formula is C34H20N2O. The first-order chi connectivity index (χ1) is 18.4. The Balaban J connectivity index is 1.47. The minimum absolute atomic E-state index is 0.452. The van der Waals surface area contributed by atoms with E-state index >= 15 is 0 Å². The molecule has 1 N–H and O–H groups in total. The summed E-state index contributed by atoms with van der Waals surface area (Å²) in [4.78, 5) is 8.59. The van der Waals surface area contributed by atoms with Gasteiger partial charge < -0.3 is 9.40 Å². The summed E-state index contributed by atoms with van der Waals surface area (Å²) in [6, 6.07) is 41.0. The van der Waals surface area contributed by atoms with E-state index in [2.05, 4.69) is 108 Å². The molecule has 5 aromatic carbocycles. The standard InChI is InChI=1S/C34H20N2O/c1-4-14-24-20(10-1)30-23(33-35-27-17-6-7-18-28(27)36-33)13-9-16-26(30)34(24)25-15-5-2-11-21(25)32-31(34)22-12-3-8-19-29(22)37-32/h1-19H,(H,35,36). The molecule has 3 nitrogen and oxygen atoms in total. The van der Waals surface area contributed by atoms with Crippen LogP contribution in [-0.4, -0.2) is 9.97 Å². The Bertz CT molecular complexity index is 2030. The second kappa shape index (κ2) is 6.65. The van der Waals surface area contributed by atoms with Crippen LogP contribution in [0.2, 0.25) is 0 Å². The summed E-state index contributed by atoms with van der Waals surface area (Å²) in [6.07, 6.45) is 0. The van der Waals surface area contributed by atoms with Gasteiger partial charge in [0, 0.05) is 22.1 Å². The lowest BCUT2D eigenvalue weighted by molar-refractivity contribution is 0.628. The predicted molar refractivity (Wildman–Crippen MR) is 148 cm³/mol. The molecule has 1 spiro atoms. The molecule has 1 atom stereocenters. The van der Waals surface area contributed by atoms with Crippen molar-refractivity contribution < 1.29 is 4.42 Å². The van der Waals surface area contributed by atoms with E-state index < -0.39 is 5.41 Å². The van der Waals surface area contributed by atoms with E-state index in [1.54, 1.807) is 0 Å². The third-order valence-corrected chi connectivity index (χ3v) is 8.26. The van der Waals surface area contributed by atoms with E-state index in [9.17, 15) is 0 Å². The number of furan rings is 1. The topological polar surface area (TPSA) is 41.8 Å². The van der Waals surface area contributed by atoms with E-state index in [0.717, 1.165) is 33.8 Å². The van der Waals surface area contributed by atoms with Gasteiger partial charge in [-0.05, 0) is 46.0 Å². The molecule has 0 amide bonds. The third-order valence-electron chi connectivity index (χ3n) is 8.26. The van der Waals surface area contributed by atoms with Gasteiger partial charge >= 0.3 is 0 Å². The average Bonchev–Trinajstić information content (AvgIpc) is 3.69. The van der Waals surface area contributed by atoms with Crippen molar-refractivity contribution >= 4 is 22.0 Å². The number of imidazole rings is 1. The van der Waals surface area contributed by atoms with Crippen LogP contribution in [0.5, 0.6) is 0 Å². The fourth-order valence-electron chi connectivity index (χ4n) is 6.92. The van der Waals surface area contributed by atoms with Crippen LogP contribution in [-0.2, 0) is 5.41 Å². The minimum Gasteiger partial charge on any atom is -0.456 e. The normalized spacial score (nSPS) is 16.8. The lowest BCUT2D eigenvalue weighted by atomic mass is 9.70. The number of hydrogen-bond acceptors (Lipinski definition) is 2. The predicted octanol–water partition coefficient (Wildman–Crippen LogP) is 8.32. The van der Waals surface area contributed by atoms with Crippen molar-refractivity contribution in [2.75, 3.05) is 0 Å². The highest BCUT2D eigenvalue weighted by Crippen LogP contribution is 2.65. The molecule has 2 aliphatic rings. The molecule has 0 fully saturated rings. The summed E-state index contributed by atoms with van der Waals surface area (Å²) < 4.78 is 6.59. The summed E-state index contributed by atoms with van der Waals surface area (Å²) >= 11 is 0. The first-order valence-corrected chi connectivity index (χ1v) is 12.7. The van der Waals surface area contributed by atoms with Crippen molar-refractivity contribution in [3.63, 3.8) is 0 Å². The third kappa shape index (κ3) is 2.21. The van der Waals surface area contributed by atoms with Crippen LogP contribution in [0, 0.1) is 0 Å². The van der Waals surface area contributed by atoms with Gasteiger partial charge in [-0.3, -0.25) is 0 Å². The molecule has 1 unspecified atom stereocenters. The largest absolute Gasteiger partial charge is 0.456 e. The number of nitrogens with zero attached hydrogens (tertiary/aromatic N) is 1. The molecule has 3 heteroatoms. The van der Waals surface area contributed by atoms with Crippen LogP contribution in [0.3, 0.4) is 0 Å². The number of rotatable bonds is 1. The van der Waals surface area contributed by atoms with Gasteiger partial charge in [-0.15, -0.1) is 0 Å². The van der Waals surface area contributed by atoms with E-state index in [4.69, 9.17) is 9.40 Å². The molecule has 2 aromatic heterocycles. The number of hydrogen-bond donors (Lipinski definition) is 1. The summed E-state index contributed by atoms with van der Waals surface area (Å²) in [5.41, 5.74) is 12.4. The SMILES string of the molecule is c1ccc2c(c1)-c1oc3ccccc3c1C21c2ccccc2-c2c(-c3nc4ccccc4[nH]3)cccc21. The lowest BCUT2D eigenvalue weighted by Gasteiger charge is -2.29. The van der Waals surface area contributed by atoms with Crippen LogP contribution in [0.25, 0.3) is 55.8 Å². The molecule has 37 heavy (non-hydrogen) atoms. The van der Waals surface area contributed by atoms with Gasteiger partial charge in [0.15, 0.2) is 0 Å². The van der Waals surface area contributed by atoms with E-state index in [0.29, 0.717) is 0 Å². The quantitative estimate of drug-likeness (QED) is 0.261. The Morgan fingerprint density at radius 1 is 0.595 bits per heavy atom. The molecule has 9 rings (SSSR count). The number of aromatic amines is 1. The molecular weight excluding hydrogens is 452 g/mol. The van der Waals surface area contributed by atoms with Gasteiger partial charge in [0.2, 0.25) is 0 Å². The van der Waals surface area contributed by atoms with Gasteiger partial charge in [-0.1, -0.05) is 97.1 Å². The molecule has 7 aromatic rings. The number of H-pyrrole nitrogens is 1. The molecule has 0 saturated heterocycles. The summed E-state index contributed by atoms with van der Waals surface area (Å²) in [6.45, 7) is 0. The zero-order valence-electron chi connectivity index (χ0n) is 19.8. The van der Waals surface area contributed by atoms with E-state index in [1.807, 2.05) is 12.1 Å². The second-order valence-corrected chi connectivity index (χ2v) is 9.97. The Morgan fingerprint density at radius 3 is 2.16 bits per heavy atom. The van der Waals surface area contributed by atoms with Crippen LogP contribution in [0.4, 0.5) is 0 Å². The zero-order chi connectivity index (χ0) is 24.1. The van der Waals surface area contributed by atoms with Crippen LogP contribution < -0.4 is 0 Å². The van der Waals surface area contributed by atoms with Crippen molar-refractivity contribution in [2.24, 2.45) is 0 Å². The maximum absolute atomic E-state index is 6.59. The number of fused-ring (bicyclic) bond motifs is 13. The Kier molecular flexibility index (Phi) is 3.47. The highest BCUT2D eigenvalue weighted by atomic mass is 16.3. The zero-order valence-corrected chi connectivity index (χ0v) is 19.8. The van der Waals surface area contributed by atoms with Crippen molar-refractivity contribution in [3.05, 3.63) is 138 Å². The molecule has 0 saturated carbocycles. The lowest BCUT2D eigenvalue weighted by Crippen LogP contribution is -2.25. The first kappa shape index (κ1) is 19.3. The Morgan fingerprint density at radius 2 is 1.27 bits per heavy atom. The van der Waals surface area contributed by atoms with Crippen molar-refractivity contribution in [1.29, 1.82) is 0 Å². The van der Waals surface area contributed by atoms with Gasteiger partial charge in [0.1, 0.15) is 17.2 Å². The van der Waals surface area contributed by atoms with Gasteiger partial charge in [-0.25, -0.2) is 4.98 Å². The molecule has 172 valence electrons. The monoisotopic (exact) mass is 472 g/mol. The average molecular weight is 473 g/mol. The highest BCUT2D eigenvalue weighted by molar-refractivity contribution is 6.04. The van der Waals surface area contributed by atoms with Crippen LogP contribution in [0.1, 0.15) is 22.3 Å². The molecule has 0 bridgehead atoms. The fraction of sp³-hybridized carbons (Fsp3) is 0.0294. The summed E-state index contributed by atoms with van der Waals surface area (Å²) in [5.74, 6) is 1.88. The number of benzene rings is 5. The molecule has 2 heterocycles. The molecule has 0 radical (unpaired) electrons. The fourth-order valence-corrected chi connectivity index (χ4v) is 6.92. The van der Waals surface area contributed by atoms with Gasteiger partial charge in [0.05, 0.1) is 16.4 Å². The van der Waals surface area contributed by atoms with Crippen molar-refractivity contribution in [3.8, 4) is 33.8 Å². The second-order valence-electron chi connectivity index (χ2n) is 9.97. The molecule has 2 aliphatic carbocycles. The van der Waals surface area contributed by atoms with Gasteiger partial charge in [0.25, 0.3) is 0 Å². The smallest absolute Gasteiger partial charge is 0.140 e. The first-order valence-electron chi connectivity index (χ1n) is 12.7. The number of para-hydroxylation sites is 3. The van der Waals surface area contributed by atoms with E-state index in [-0.39, 0.29) is 0 Å². The maximum atomic E-state index is 6.59. The summed E-state index contributed by atoms with van der Waals surface area (Å²) in [7, 11) is 0. The van der Waals surface area contributed by atoms with Crippen LogP contribution >= 0.6 is 0 Å². The van der Waals surface area contributed by atoms with Crippen molar-refractivity contribution in [1.82, 2.24) is 9.97 Å². The number of nitrogens with one attached hydrogen (secondary N) is 1. The summed E-state index contributed by atoms with van der Waals surface area (Å²) in [5, 5.41) is 1.17.